The number of esters is 1. The van der Waals surface area contributed by atoms with Crippen molar-refractivity contribution < 1.29 is 9.53 Å². The van der Waals surface area contributed by atoms with Crippen molar-refractivity contribution in [3.05, 3.63) is 18.1 Å². The molecule has 0 spiro atoms. The molecule has 0 radical (unpaired) electrons. The predicted molar refractivity (Wildman–Crippen MR) is 72.2 cm³/mol. The summed E-state index contributed by atoms with van der Waals surface area (Å²) in [5.74, 6) is 0.888. The Bertz CT molecular complexity index is 452. The quantitative estimate of drug-likeness (QED) is 0.744. The van der Waals surface area contributed by atoms with Crippen molar-refractivity contribution in [2.45, 2.75) is 6.42 Å². The zero-order valence-corrected chi connectivity index (χ0v) is 11.7. The molecule has 1 saturated heterocycles. The average molecular weight is 264 g/mol. The lowest BCUT2D eigenvalue weighted by Gasteiger charge is -2.22. The Balaban J connectivity index is 2.02. The fourth-order valence-corrected chi connectivity index (χ4v) is 2.40. The summed E-state index contributed by atoms with van der Waals surface area (Å²) in [7, 11) is 5.45. The topological polar surface area (TPSA) is 58.6 Å². The predicted octanol–water partition coefficient (Wildman–Crippen LogP) is 0.651. The molecule has 1 aliphatic heterocycles. The number of hydrogen-bond acceptors (Lipinski definition) is 6. The van der Waals surface area contributed by atoms with Gasteiger partial charge < -0.3 is 14.5 Å². The number of rotatable bonds is 4. The molecule has 0 saturated carbocycles. The monoisotopic (exact) mass is 264 g/mol. The number of carbonyl (C=O) groups excluding carboxylic acids is 1. The van der Waals surface area contributed by atoms with Crippen LogP contribution in [0, 0.1) is 5.92 Å². The van der Waals surface area contributed by atoms with Crippen molar-refractivity contribution in [2.24, 2.45) is 5.92 Å². The van der Waals surface area contributed by atoms with Crippen molar-refractivity contribution in [1.82, 2.24) is 14.9 Å². The first-order chi connectivity index (χ1) is 9.10. The van der Waals surface area contributed by atoms with Crippen LogP contribution in [-0.4, -0.2) is 61.7 Å². The number of aromatic nitrogens is 2. The third-order valence-corrected chi connectivity index (χ3v) is 3.43. The Morgan fingerprint density at radius 1 is 1.58 bits per heavy atom. The number of carbonyl (C=O) groups is 1. The van der Waals surface area contributed by atoms with Gasteiger partial charge in [0.15, 0.2) is 5.69 Å². The van der Waals surface area contributed by atoms with E-state index in [2.05, 4.69) is 26.7 Å². The van der Waals surface area contributed by atoms with Crippen molar-refractivity contribution in [2.75, 3.05) is 45.7 Å². The summed E-state index contributed by atoms with van der Waals surface area (Å²) in [5, 5.41) is 0. The van der Waals surface area contributed by atoms with Crippen molar-refractivity contribution in [3.63, 3.8) is 0 Å². The molecule has 0 aromatic carbocycles. The second-order valence-electron chi connectivity index (χ2n) is 5.05. The second kappa shape index (κ2) is 5.97. The minimum absolute atomic E-state index is 0.246. The first-order valence-electron chi connectivity index (χ1n) is 6.40. The first-order valence-corrected chi connectivity index (χ1v) is 6.40. The van der Waals surface area contributed by atoms with Gasteiger partial charge in [-0.2, -0.15) is 0 Å². The molecule has 0 aliphatic carbocycles. The molecule has 104 valence electrons. The highest BCUT2D eigenvalue weighted by Gasteiger charge is 2.21. The molecule has 1 atom stereocenters. The fraction of sp³-hybridized carbons (Fsp3) is 0.615. The number of anilines is 1. The summed E-state index contributed by atoms with van der Waals surface area (Å²) in [5.41, 5.74) is 0.246. The summed E-state index contributed by atoms with van der Waals surface area (Å²) < 4.78 is 4.65. The molecule has 0 bridgehead atoms. The molecule has 2 heterocycles. The second-order valence-corrected chi connectivity index (χ2v) is 5.05. The first kappa shape index (κ1) is 13.7. The number of methoxy groups -OCH3 is 1. The van der Waals surface area contributed by atoms with E-state index in [4.69, 9.17) is 0 Å². The smallest absolute Gasteiger partial charge is 0.358 e. The van der Waals surface area contributed by atoms with Crippen molar-refractivity contribution in [3.8, 4) is 0 Å². The van der Waals surface area contributed by atoms with Crippen LogP contribution in [-0.2, 0) is 4.74 Å². The molecular weight excluding hydrogens is 244 g/mol. The minimum atomic E-state index is -0.455. The molecule has 19 heavy (non-hydrogen) atoms. The summed E-state index contributed by atoms with van der Waals surface area (Å²) in [6, 6.07) is 0. The lowest BCUT2D eigenvalue weighted by Crippen LogP contribution is -2.28. The van der Waals surface area contributed by atoms with Gasteiger partial charge in [0.2, 0.25) is 0 Å². The zero-order valence-electron chi connectivity index (χ0n) is 11.7. The Kier molecular flexibility index (Phi) is 4.31. The lowest BCUT2D eigenvalue weighted by molar-refractivity contribution is 0.0593. The highest BCUT2D eigenvalue weighted by Crippen LogP contribution is 2.18. The third kappa shape index (κ3) is 3.41. The minimum Gasteiger partial charge on any atom is -0.464 e. The van der Waals surface area contributed by atoms with Crippen LogP contribution in [0.5, 0.6) is 0 Å². The standard InChI is InChI=1S/C13H20N4O2/c1-16-5-4-10(8-16)9-17(2)12-7-14-6-11(15-12)13(18)19-3/h6-7,10H,4-5,8-9H2,1-3H3. The average Bonchev–Trinajstić information content (AvgIpc) is 2.83. The molecule has 0 N–H and O–H groups in total. The van der Waals surface area contributed by atoms with Crippen LogP contribution in [0.1, 0.15) is 16.9 Å². The van der Waals surface area contributed by atoms with Gasteiger partial charge in [-0.15, -0.1) is 0 Å². The van der Waals surface area contributed by atoms with E-state index in [1.54, 1.807) is 6.20 Å². The van der Waals surface area contributed by atoms with Crippen LogP contribution in [0.15, 0.2) is 12.4 Å². The van der Waals surface area contributed by atoms with E-state index in [0.29, 0.717) is 11.7 Å². The van der Waals surface area contributed by atoms with E-state index in [9.17, 15) is 4.79 Å². The highest BCUT2D eigenvalue weighted by atomic mass is 16.5. The normalized spacial score (nSPS) is 19.4. The fourth-order valence-electron chi connectivity index (χ4n) is 2.40. The molecule has 0 amide bonds. The Morgan fingerprint density at radius 2 is 2.37 bits per heavy atom. The Labute approximate surface area is 113 Å². The van der Waals surface area contributed by atoms with Gasteiger partial charge in [-0.05, 0) is 25.9 Å². The van der Waals surface area contributed by atoms with Gasteiger partial charge in [0.05, 0.1) is 19.5 Å². The number of nitrogens with zero attached hydrogens (tertiary/aromatic N) is 4. The summed E-state index contributed by atoms with van der Waals surface area (Å²) in [6.07, 6.45) is 4.29. The summed E-state index contributed by atoms with van der Waals surface area (Å²) >= 11 is 0. The summed E-state index contributed by atoms with van der Waals surface area (Å²) in [4.78, 5) is 24.1. The van der Waals surface area contributed by atoms with Gasteiger partial charge >= 0.3 is 5.97 Å². The van der Waals surface area contributed by atoms with Gasteiger partial charge in [0.25, 0.3) is 0 Å². The zero-order chi connectivity index (χ0) is 13.8. The van der Waals surface area contributed by atoms with Gasteiger partial charge in [-0.3, -0.25) is 4.98 Å². The lowest BCUT2D eigenvalue weighted by atomic mass is 10.1. The van der Waals surface area contributed by atoms with Crippen molar-refractivity contribution in [1.29, 1.82) is 0 Å². The van der Waals surface area contributed by atoms with Crippen LogP contribution in [0.4, 0.5) is 5.82 Å². The maximum absolute atomic E-state index is 11.4. The molecule has 1 unspecified atom stereocenters. The maximum atomic E-state index is 11.4. The van der Waals surface area contributed by atoms with Gasteiger partial charge in [-0.1, -0.05) is 0 Å². The molecule has 1 fully saturated rings. The van der Waals surface area contributed by atoms with Crippen LogP contribution >= 0.6 is 0 Å². The molecule has 1 aromatic heterocycles. The largest absolute Gasteiger partial charge is 0.464 e. The van der Waals surface area contributed by atoms with Crippen molar-refractivity contribution >= 4 is 11.8 Å². The molecular formula is C13H20N4O2. The molecule has 1 aromatic rings. The van der Waals surface area contributed by atoms with E-state index in [1.165, 1.54) is 19.7 Å². The van der Waals surface area contributed by atoms with Crippen LogP contribution in [0.2, 0.25) is 0 Å². The van der Waals surface area contributed by atoms with Crippen LogP contribution < -0.4 is 4.90 Å². The van der Waals surface area contributed by atoms with E-state index < -0.39 is 5.97 Å². The van der Waals surface area contributed by atoms with Crippen LogP contribution in [0.3, 0.4) is 0 Å². The Hall–Kier alpha value is -1.69. The molecule has 6 nitrogen and oxygen atoms in total. The van der Waals surface area contributed by atoms with E-state index in [-0.39, 0.29) is 5.69 Å². The maximum Gasteiger partial charge on any atom is 0.358 e. The third-order valence-electron chi connectivity index (χ3n) is 3.43. The van der Waals surface area contributed by atoms with E-state index in [0.717, 1.165) is 19.6 Å². The number of hydrogen-bond donors (Lipinski definition) is 0. The van der Waals surface area contributed by atoms with E-state index in [1.807, 2.05) is 11.9 Å². The molecule has 6 heteroatoms. The highest BCUT2D eigenvalue weighted by molar-refractivity contribution is 5.87. The summed E-state index contributed by atoms with van der Waals surface area (Å²) in [6.45, 7) is 3.17. The van der Waals surface area contributed by atoms with Crippen LogP contribution in [0.25, 0.3) is 0 Å². The van der Waals surface area contributed by atoms with Gasteiger partial charge in [0.1, 0.15) is 5.82 Å². The number of ether oxygens (including phenoxy) is 1. The van der Waals surface area contributed by atoms with E-state index >= 15 is 0 Å². The Morgan fingerprint density at radius 3 is 3.00 bits per heavy atom. The SMILES string of the molecule is COC(=O)c1cncc(N(C)CC2CCN(C)C2)n1. The number of likely N-dealkylation sites (tertiary alicyclic amines) is 1. The van der Waals surface area contributed by atoms with Gasteiger partial charge in [-0.25, -0.2) is 9.78 Å². The molecule has 2 rings (SSSR count). The van der Waals surface area contributed by atoms with Gasteiger partial charge in [0, 0.05) is 20.1 Å². The molecule has 1 aliphatic rings.